The van der Waals surface area contributed by atoms with E-state index in [4.69, 9.17) is 0 Å². The van der Waals surface area contributed by atoms with Gasteiger partial charge in [0.2, 0.25) is 0 Å². The topological polar surface area (TPSA) is 41.1 Å². The van der Waals surface area contributed by atoms with Gasteiger partial charge in [0, 0.05) is 19.1 Å². The van der Waals surface area contributed by atoms with Gasteiger partial charge in [-0.1, -0.05) is 13.8 Å². The second-order valence-corrected chi connectivity index (χ2v) is 5.99. The maximum atomic E-state index is 4.30. The highest BCUT2D eigenvalue weighted by molar-refractivity contribution is 5.41. The molecule has 1 aliphatic heterocycles. The molecule has 1 aliphatic rings. The zero-order valence-corrected chi connectivity index (χ0v) is 12.4. The summed E-state index contributed by atoms with van der Waals surface area (Å²) in [5, 5.41) is 12.0. The van der Waals surface area contributed by atoms with Crippen LogP contribution in [0, 0.1) is 12.8 Å². The number of aryl methyl sites for hydroxylation is 1. The van der Waals surface area contributed by atoms with E-state index in [-0.39, 0.29) is 0 Å². The first-order valence-corrected chi connectivity index (χ1v) is 7.43. The molecule has 106 valence electrons. The van der Waals surface area contributed by atoms with Crippen molar-refractivity contribution < 1.29 is 0 Å². The van der Waals surface area contributed by atoms with E-state index in [1.807, 2.05) is 6.20 Å². The van der Waals surface area contributed by atoms with Crippen molar-refractivity contribution in [1.82, 2.24) is 15.5 Å². The molecule has 1 aromatic heterocycles. The van der Waals surface area contributed by atoms with Gasteiger partial charge >= 0.3 is 0 Å². The molecular weight excluding hydrogens is 236 g/mol. The Morgan fingerprint density at radius 2 is 2.26 bits per heavy atom. The molecule has 4 heteroatoms. The summed E-state index contributed by atoms with van der Waals surface area (Å²) in [5.74, 6) is 1.74. The van der Waals surface area contributed by atoms with Crippen LogP contribution in [0.2, 0.25) is 0 Å². The lowest BCUT2D eigenvalue weighted by atomic mass is 10.0. The van der Waals surface area contributed by atoms with Gasteiger partial charge in [-0.25, -0.2) is 0 Å². The lowest BCUT2D eigenvalue weighted by Gasteiger charge is -2.36. The summed E-state index contributed by atoms with van der Waals surface area (Å²) in [4.78, 5) is 2.43. The number of aromatic nitrogens is 2. The minimum absolute atomic E-state index is 0.559. The highest BCUT2D eigenvalue weighted by atomic mass is 15.3. The van der Waals surface area contributed by atoms with Gasteiger partial charge in [0.15, 0.2) is 5.82 Å². The molecule has 0 bridgehead atoms. The Balaban J connectivity index is 1.99. The van der Waals surface area contributed by atoms with E-state index in [1.54, 1.807) is 0 Å². The van der Waals surface area contributed by atoms with Gasteiger partial charge in [0.25, 0.3) is 0 Å². The highest BCUT2D eigenvalue weighted by Gasteiger charge is 2.23. The van der Waals surface area contributed by atoms with Gasteiger partial charge in [-0.05, 0) is 50.3 Å². The van der Waals surface area contributed by atoms with Crippen molar-refractivity contribution in [2.75, 3.05) is 24.5 Å². The molecule has 0 spiro atoms. The van der Waals surface area contributed by atoms with E-state index in [0.29, 0.717) is 12.0 Å². The van der Waals surface area contributed by atoms with Gasteiger partial charge in [-0.15, -0.1) is 5.10 Å². The molecule has 0 amide bonds. The Bertz CT molecular complexity index is 391. The Kier molecular flexibility index (Phi) is 5.14. The van der Waals surface area contributed by atoms with Crippen LogP contribution in [0.1, 0.15) is 38.7 Å². The van der Waals surface area contributed by atoms with Crippen molar-refractivity contribution in [1.29, 1.82) is 0 Å². The molecule has 0 aromatic carbocycles. The van der Waals surface area contributed by atoms with Crippen molar-refractivity contribution >= 4 is 5.82 Å². The molecule has 4 nitrogen and oxygen atoms in total. The van der Waals surface area contributed by atoms with Crippen LogP contribution in [-0.2, 0) is 0 Å². The second-order valence-electron chi connectivity index (χ2n) is 5.99. The zero-order valence-electron chi connectivity index (χ0n) is 12.4. The van der Waals surface area contributed by atoms with Crippen LogP contribution in [0.15, 0.2) is 12.3 Å². The lowest BCUT2D eigenvalue weighted by Crippen LogP contribution is -2.46. The van der Waals surface area contributed by atoms with Crippen LogP contribution in [0.4, 0.5) is 5.82 Å². The fraction of sp³-hybridized carbons (Fsp3) is 0.733. The maximum absolute atomic E-state index is 4.30. The molecule has 0 radical (unpaired) electrons. The van der Waals surface area contributed by atoms with Crippen LogP contribution >= 0.6 is 0 Å². The van der Waals surface area contributed by atoms with Crippen LogP contribution in [0.5, 0.6) is 0 Å². The lowest BCUT2D eigenvalue weighted by molar-refractivity contribution is 0.420. The number of anilines is 1. The summed E-state index contributed by atoms with van der Waals surface area (Å²) in [6.07, 6.45) is 5.65. The molecule has 19 heavy (non-hydrogen) atoms. The first-order chi connectivity index (χ1) is 9.16. The standard InChI is InChI=1S/C15H26N4/c1-12(2)9-16-11-14-6-4-5-7-19(14)15-8-13(3)10-17-18-15/h8,10,12,14,16H,4-7,9,11H2,1-3H3. The Hall–Kier alpha value is -1.16. The third kappa shape index (κ3) is 4.16. The van der Waals surface area contributed by atoms with Crippen molar-refractivity contribution in [2.24, 2.45) is 5.92 Å². The van der Waals surface area contributed by atoms with Crippen molar-refractivity contribution in [3.8, 4) is 0 Å². The fourth-order valence-electron chi connectivity index (χ4n) is 2.64. The van der Waals surface area contributed by atoms with E-state index in [2.05, 4.69) is 47.3 Å². The quantitative estimate of drug-likeness (QED) is 0.884. The van der Waals surface area contributed by atoms with Gasteiger partial charge in [-0.3, -0.25) is 0 Å². The average molecular weight is 262 g/mol. The molecule has 1 unspecified atom stereocenters. The third-order valence-electron chi connectivity index (χ3n) is 3.63. The summed E-state index contributed by atoms with van der Waals surface area (Å²) in [7, 11) is 0. The molecular formula is C15H26N4. The molecule has 1 N–H and O–H groups in total. The van der Waals surface area contributed by atoms with Gasteiger partial charge in [-0.2, -0.15) is 5.10 Å². The highest BCUT2D eigenvalue weighted by Crippen LogP contribution is 2.22. The number of hydrogen-bond donors (Lipinski definition) is 1. The van der Waals surface area contributed by atoms with E-state index < -0.39 is 0 Å². The normalized spacial score (nSPS) is 20.0. The summed E-state index contributed by atoms with van der Waals surface area (Å²) >= 11 is 0. The molecule has 1 aromatic rings. The van der Waals surface area contributed by atoms with E-state index >= 15 is 0 Å². The van der Waals surface area contributed by atoms with Crippen molar-refractivity contribution in [2.45, 2.75) is 46.1 Å². The van der Waals surface area contributed by atoms with Crippen LogP contribution < -0.4 is 10.2 Å². The van der Waals surface area contributed by atoms with E-state index in [0.717, 1.165) is 25.5 Å². The monoisotopic (exact) mass is 262 g/mol. The van der Waals surface area contributed by atoms with E-state index in [1.165, 1.54) is 24.8 Å². The average Bonchev–Trinajstić information content (AvgIpc) is 2.39. The third-order valence-corrected chi connectivity index (χ3v) is 3.63. The molecule has 0 aliphatic carbocycles. The van der Waals surface area contributed by atoms with Crippen LogP contribution in [0.3, 0.4) is 0 Å². The number of nitrogens with one attached hydrogen (secondary N) is 1. The summed E-state index contributed by atoms with van der Waals surface area (Å²) in [6, 6.07) is 2.71. The Morgan fingerprint density at radius 3 is 3.00 bits per heavy atom. The van der Waals surface area contributed by atoms with Crippen LogP contribution in [-0.4, -0.2) is 35.9 Å². The minimum Gasteiger partial charge on any atom is -0.351 e. The number of rotatable bonds is 5. The smallest absolute Gasteiger partial charge is 0.151 e. The van der Waals surface area contributed by atoms with Gasteiger partial charge in [0.1, 0.15) is 0 Å². The number of piperidine rings is 1. The first kappa shape index (κ1) is 14.3. The molecule has 0 saturated carbocycles. The SMILES string of the molecule is Cc1cnnc(N2CCCCC2CNCC(C)C)c1. The van der Waals surface area contributed by atoms with E-state index in [9.17, 15) is 0 Å². The predicted molar refractivity (Wildman–Crippen MR) is 79.5 cm³/mol. The summed E-state index contributed by atoms with van der Waals surface area (Å²) in [6.45, 7) is 9.81. The number of nitrogens with zero attached hydrogens (tertiary/aromatic N) is 3. The summed E-state index contributed by atoms with van der Waals surface area (Å²) < 4.78 is 0. The fourth-order valence-corrected chi connectivity index (χ4v) is 2.64. The predicted octanol–water partition coefficient (Wildman–Crippen LogP) is 2.39. The summed E-state index contributed by atoms with van der Waals surface area (Å²) in [5.41, 5.74) is 1.18. The Morgan fingerprint density at radius 1 is 1.42 bits per heavy atom. The maximum Gasteiger partial charge on any atom is 0.151 e. The molecule has 2 rings (SSSR count). The van der Waals surface area contributed by atoms with Gasteiger partial charge in [0.05, 0.1) is 6.20 Å². The van der Waals surface area contributed by atoms with Crippen molar-refractivity contribution in [3.63, 3.8) is 0 Å². The van der Waals surface area contributed by atoms with Gasteiger partial charge < -0.3 is 10.2 Å². The molecule has 1 fully saturated rings. The van der Waals surface area contributed by atoms with Crippen molar-refractivity contribution in [3.05, 3.63) is 17.8 Å². The molecule has 1 saturated heterocycles. The first-order valence-electron chi connectivity index (χ1n) is 7.43. The largest absolute Gasteiger partial charge is 0.351 e. The molecule has 1 atom stereocenters. The minimum atomic E-state index is 0.559. The Labute approximate surface area is 116 Å². The molecule has 2 heterocycles. The second kappa shape index (κ2) is 6.85. The number of hydrogen-bond acceptors (Lipinski definition) is 4. The van der Waals surface area contributed by atoms with Crippen LogP contribution in [0.25, 0.3) is 0 Å². The zero-order chi connectivity index (χ0) is 13.7.